The smallest absolute Gasteiger partial charge is 0.341 e. The zero-order valence-corrected chi connectivity index (χ0v) is 7.99. The van der Waals surface area contributed by atoms with Crippen molar-refractivity contribution >= 4 is 17.6 Å². The average molecular weight is 217 g/mol. The van der Waals surface area contributed by atoms with E-state index >= 15 is 0 Å². The van der Waals surface area contributed by atoms with Crippen LogP contribution in [0.4, 0.5) is 0 Å². The first-order chi connectivity index (χ1) is 6.63. The highest BCUT2D eigenvalue weighted by Gasteiger charge is 2.05. The average Bonchev–Trinajstić information content (AvgIpc) is 2.15. The summed E-state index contributed by atoms with van der Waals surface area (Å²) in [4.78, 5) is 10.2. The van der Waals surface area contributed by atoms with Crippen LogP contribution in [0, 0.1) is 0 Å². The van der Waals surface area contributed by atoms with E-state index in [1.165, 1.54) is 6.07 Å². The predicted molar refractivity (Wildman–Crippen MR) is 50.5 cm³/mol. The van der Waals surface area contributed by atoms with E-state index in [0.717, 1.165) is 0 Å². The predicted octanol–water partition coefficient (Wildman–Crippen LogP) is 1.30. The fraction of sp³-hybridized carbons (Fsp3) is 0.222. The minimum Gasteiger partial charge on any atom is -0.481 e. The first kappa shape index (κ1) is 10.8. The van der Waals surface area contributed by atoms with E-state index in [4.69, 9.17) is 26.6 Å². The van der Waals surface area contributed by atoms with Crippen LogP contribution in [0.2, 0.25) is 5.02 Å². The van der Waals surface area contributed by atoms with E-state index in [1.54, 1.807) is 12.1 Å². The van der Waals surface area contributed by atoms with Gasteiger partial charge in [-0.15, -0.1) is 0 Å². The van der Waals surface area contributed by atoms with Crippen LogP contribution in [0.15, 0.2) is 18.2 Å². The maximum atomic E-state index is 10.2. The summed E-state index contributed by atoms with van der Waals surface area (Å²) < 4.78 is 4.93. The second-order valence-corrected chi connectivity index (χ2v) is 3.03. The van der Waals surface area contributed by atoms with Gasteiger partial charge in [0.15, 0.2) is 6.61 Å². The fourth-order valence-corrected chi connectivity index (χ4v) is 1.09. The van der Waals surface area contributed by atoms with Gasteiger partial charge in [-0.3, -0.25) is 0 Å². The molecule has 0 fully saturated rings. The summed E-state index contributed by atoms with van der Waals surface area (Å²) in [6, 6.07) is 4.65. The number of hydrogen-bond acceptors (Lipinski definition) is 3. The van der Waals surface area contributed by atoms with E-state index < -0.39 is 12.6 Å². The van der Waals surface area contributed by atoms with Crippen molar-refractivity contribution in [3.05, 3.63) is 28.8 Å². The number of benzene rings is 1. The van der Waals surface area contributed by atoms with Crippen LogP contribution in [0.1, 0.15) is 5.56 Å². The molecule has 0 saturated heterocycles. The molecule has 0 aromatic heterocycles. The number of carbonyl (C=O) groups is 1. The Hall–Kier alpha value is -1.26. The van der Waals surface area contributed by atoms with E-state index in [2.05, 4.69) is 0 Å². The molecule has 0 saturated carbocycles. The molecule has 14 heavy (non-hydrogen) atoms. The number of carboxylic acids is 1. The summed E-state index contributed by atoms with van der Waals surface area (Å²) in [5, 5.41) is 17.7. The quantitative estimate of drug-likeness (QED) is 0.796. The van der Waals surface area contributed by atoms with Gasteiger partial charge in [0.2, 0.25) is 0 Å². The number of carboxylic acid groups (broad SMARTS) is 1. The van der Waals surface area contributed by atoms with Crippen molar-refractivity contribution in [2.24, 2.45) is 0 Å². The Morgan fingerprint density at radius 1 is 1.50 bits per heavy atom. The molecule has 1 aromatic carbocycles. The first-order valence-electron chi connectivity index (χ1n) is 3.87. The van der Waals surface area contributed by atoms with E-state index in [0.29, 0.717) is 16.3 Å². The molecule has 5 heteroatoms. The Kier molecular flexibility index (Phi) is 3.73. The zero-order valence-electron chi connectivity index (χ0n) is 7.24. The summed E-state index contributed by atoms with van der Waals surface area (Å²) in [6.45, 7) is -0.667. The van der Waals surface area contributed by atoms with Gasteiger partial charge < -0.3 is 14.9 Å². The molecule has 0 aliphatic rings. The number of hydrogen-bond donors (Lipinski definition) is 2. The van der Waals surface area contributed by atoms with Crippen molar-refractivity contribution in [2.75, 3.05) is 6.61 Å². The van der Waals surface area contributed by atoms with Crippen LogP contribution >= 0.6 is 11.6 Å². The van der Waals surface area contributed by atoms with Crippen molar-refractivity contribution in [1.82, 2.24) is 0 Å². The number of halogens is 1. The molecular weight excluding hydrogens is 208 g/mol. The van der Waals surface area contributed by atoms with Gasteiger partial charge in [-0.1, -0.05) is 17.7 Å². The molecule has 0 spiro atoms. The first-order valence-corrected chi connectivity index (χ1v) is 4.25. The van der Waals surface area contributed by atoms with Crippen molar-refractivity contribution in [3.63, 3.8) is 0 Å². The van der Waals surface area contributed by atoms with E-state index in [-0.39, 0.29) is 6.61 Å². The molecular formula is C9H9ClO4. The highest BCUT2D eigenvalue weighted by Crippen LogP contribution is 2.23. The monoisotopic (exact) mass is 216 g/mol. The van der Waals surface area contributed by atoms with Crippen LogP contribution < -0.4 is 4.74 Å². The van der Waals surface area contributed by atoms with Gasteiger partial charge in [-0.2, -0.15) is 0 Å². The third-order valence-electron chi connectivity index (χ3n) is 1.55. The van der Waals surface area contributed by atoms with E-state index in [9.17, 15) is 4.79 Å². The Labute approximate surface area is 85.7 Å². The minimum absolute atomic E-state index is 0.216. The van der Waals surface area contributed by atoms with Crippen LogP contribution in [0.25, 0.3) is 0 Å². The molecule has 1 rings (SSSR count). The summed E-state index contributed by atoms with van der Waals surface area (Å²) >= 11 is 5.68. The number of aliphatic hydroxyl groups is 1. The lowest BCUT2D eigenvalue weighted by molar-refractivity contribution is -0.139. The lowest BCUT2D eigenvalue weighted by Crippen LogP contribution is -2.10. The van der Waals surface area contributed by atoms with Crippen molar-refractivity contribution < 1.29 is 19.7 Å². The number of rotatable bonds is 4. The maximum absolute atomic E-state index is 10.2. The maximum Gasteiger partial charge on any atom is 0.341 e. The fourth-order valence-electron chi connectivity index (χ4n) is 0.933. The number of aliphatic hydroxyl groups excluding tert-OH is 1. The van der Waals surface area contributed by atoms with Gasteiger partial charge >= 0.3 is 5.97 Å². The molecule has 0 heterocycles. The summed E-state index contributed by atoms with van der Waals surface area (Å²) in [5.74, 6) is -0.781. The van der Waals surface area contributed by atoms with Gasteiger partial charge in [0, 0.05) is 10.6 Å². The molecule has 0 aliphatic carbocycles. The van der Waals surface area contributed by atoms with Crippen molar-refractivity contribution in [1.29, 1.82) is 0 Å². The second-order valence-electron chi connectivity index (χ2n) is 2.59. The van der Waals surface area contributed by atoms with Crippen LogP contribution in [0.3, 0.4) is 0 Å². The van der Waals surface area contributed by atoms with Gasteiger partial charge in [-0.05, 0) is 12.1 Å². The lowest BCUT2D eigenvalue weighted by Gasteiger charge is -2.07. The summed E-state index contributed by atoms with van der Waals surface area (Å²) in [7, 11) is 0. The van der Waals surface area contributed by atoms with Crippen molar-refractivity contribution in [3.8, 4) is 5.75 Å². The molecule has 2 N–H and O–H groups in total. The van der Waals surface area contributed by atoms with E-state index in [1.807, 2.05) is 0 Å². The summed E-state index contributed by atoms with van der Waals surface area (Å²) in [6.07, 6.45) is 0. The highest BCUT2D eigenvalue weighted by atomic mass is 35.5. The minimum atomic E-state index is -1.08. The molecule has 0 unspecified atom stereocenters. The molecule has 0 atom stereocenters. The SMILES string of the molecule is O=C(O)COc1cc(Cl)ccc1CO. The van der Waals surface area contributed by atoms with Gasteiger partial charge in [-0.25, -0.2) is 4.79 Å². The van der Waals surface area contributed by atoms with Gasteiger partial charge in [0.05, 0.1) is 6.61 Å². The normalized spacial score (nSPS) is 9.86. The Bertz CT molecular complexity index is 338. The lowest BCUT2D eigenvalue weighted by atomic mass is 10.2. The van der Waals surface area contributed by atoms with Crippen molar-refractivity contribution in [2.45, 2.75) is 6.61 Å². The third kappa shape index (κ3) is 2.90. The van der Waals surface area contributed by atoms with Crippen LogP contribution in [0.5, 0.6) is 5.75 Å². The molecule has 0 aliphatic heterocycles. The standard InChI is InChI=1S/C9H9ClO4/c10-7-2-1-6(4-11)8(3-7)14-5-9(12)13/h1-3,11H,4-5H2,(H,12,13). The largest absolute Gasteiger partial charge is 0.481 e. The Balaban J connectivity index is 2.82. The molecule has 0 amide bonds. The second kappa shape index (κ2) is 4.83. The number of ether oxygens (including phenoxy) is 1. The molecule has 0 bridgehead atoms. The molecule has 0 radical (unpaired) electrons. The third-order valence-corrected chi connectivity index (χ3v) is 1.79. The Morgan fingerprint density at radius 2 is 2.21 bits per heavy atom. The molecule has 76 valence electrons. The molecule has 4 nitrogen and oxygen atoms in total. The Morgan fingerprint density at radius 3 is 2.79 bits per heavy atom. The molecule has 1 aromatic rings. The van der Waals surface area contributed by atoms with Gasteiger partial charge in [0.1, 0.15) is 5.75 Å². The van der Waals surface area contributed by atoms with Crippen LogP contribution in [-0.4, -0.2) is 22.8 Å². The summed E-state index contributed by atoms with van der Waals surface area (Å²) in [5.41, 5.74) is 0.510. The topological polar surface area (TPSA) is 66.8 Å². The highest BCUT2D eigenvalue weighted by molar-refractivity contribution is 6.30. The zero-order chi connectivity index (χ0) is 10.6. The van der Waals surface area contributed by atoms with Gasteiger partial charge in [0.25, 0.3) is 0 Å². The number of aliphatic carboxylic acids is 1. The van der Waals surface area contributed by atoms with Crippen LogP contribution in [-0.2, 0) is 11.4 Å².